The van der Waals surface area contributed by atoms with E-state index >= 15 is 0 Å². The molecule has 0 saturated heterocycles. The van der Waals surface area contributed by atoms with Crippen LogP contribution in [0.2, 0.25) is 0 Å². The van der Waals surface area contributed by atoms with Crippen molar-refractivity contribution in [2.75, 3.05) is 6.54 Å². The van der Waals surface area contributed by atoms with E-state index in [0.717, 1.165) is 0 Å². The van der Waals surface area contributed by atoms with E-state index < -0.39 is 18.0 Å². The van der Waals surface area contributed by atoms with Crippen LogP contribution in [0.3, 0.4) is 0 Å². The van der Waals surface area contributed by atoms with Crippen LogP contribution < -0.4 is 5.73 Å². The highest BCUT2D eigenvalue weighted by atomic mass is 32.1. The summed E-state index contributed by atoms with van der Waals surface area (Å²) in [6.45, 7) is 4.07. The Hall–Kier alpha value is -0.850. The van der Waals surface area contributed by atoms with Crippen molar-refractivity contribution in [1.82, 2.24) is 4.90 Å². The molecule has 3 nitrogen and oxygen atoms in total. The number of halogens is 3. The lowest BCUT2D eigenvalue weighted by molar-refractivity contribution is -0.187. The summed E-state index contributed by atoms with van der Waals surface area (Å²) in [6, 6.07) is -0.0712. The van der Waals surface area contributed by atoms with E-state index in [2.05, 4.69) is 0 Å². The second kappa shape index (κ2) is 7.42. The first kappa shape index (κ1) is 18.2. The molecule has 1 rings (SSSR count). The van der Waals surface area contributed by atoms with Crippen molar-refractivity contribution in [3.63, 3.8) is 0 Å². The van der Waals surface area contributed by atoms with E-state index in [-0.39, 0.29) is 24.8 Å². The van der Waals surface area contributed by atoms with Crippen LogP contribution in [0.15, 0.2) is 0 Å². The van der Waals surface area contributed by atoms with Crippen molar-refractivity contribution in [2.45, 2.75) is 58.2 Å². The molecule has 1 fully saturated rings. The molecule has 0 aromatic carbocycles. The average molecular weight is 324 g/mol. The minimum absolute atomic E-state index is 0.0712. The fraction of sp³-hybridized carbons (Fsp3) is 0.857. The summed E-state index contributed by atoms with van der Waals surface area (Å²) in [6.07, 6.45) is -2.81. The summed E-state index contributed by atoms with van der Waals surface area (Å²) < 4.78 is 38.5. The van der Waals surface area contributed by atoms with Gasteiger partial charge in [-0.05, 0) is 33.1 Å². The van der Waals surface area contributed by atoms with Gasteiger partial charge in [0, 0.05) is 24.9 Å². The van der Waals surface area contributed by atoms with Crippen molar-refractivity contribution in [2.24, 2.45) is 17.6 Å². The number of alkyl halides is 3. The first-order chi connectivity index (χ1) is 9.62. The van der Waals surface area contributed by atoms with Gasteiger partial charge in [-0.1, -0.05) is 18.6 Å². The Labute approximate surface area is 129 Å². The topological polar surface area (TPSA) is 46.3 Å². The van der Waals surface area contributed by atoms with E-state index in [1.165, 1.54) is 0 Å². The molecule has 21 heavy (non-hydrogen) atoms. The molecule has 0 spiro atoms. The van der Waals surface area contributed by atoms with Gasteiger partial charge in [0.1, 0.15) is 0 Å². The lowest BCUT2D eigenvalue weighted by Gasteiger charge is -2.35. The summed E-state index contributed by atoms with van der Waals surface area (Å²) in [7, 11) is 0. The highest BCUT2D eigenvalue weighted by Gasteiger charge is 2.44. The predicted octanol–water partition coefficient (Wildman–Crippen LogP) is 3.27. The fourth-order valence-electron chi connectivity index (χ4n) is 2.80. The minimum atomic E-state index is -4.21. The van der Waals surface area contributed by atoms with Gasteiger partial charge in [0.25, 0.3) is 0 Å². The molecule has 0 aromatic heterocycles. The molecule has 122 valence electrons. The molecule has 0 heterocycles. The monoisotopic (exact) mass is 324 g/mol. The zero-order valence-electron chi connectivity index (χ0n) is 12.4. The molecule has 2 N–H and O–H groups in total. The maximum Gasteiger partial charge on any atom is 0.391 e. The Morgan fingerprint density at radius 2 is 2.00 bits per heavy atom. The van der Waals surface area contributed by atoms with E-state index in [1.54, 1.807) is 4.90 Å². The van der Waals surface area contributed by atoms with Gasteiger partial charge in [0.2, 0.25) is 5.91 Å². The molecule has 0 bridgehead atoms. The van der Waals surface area contributed by atoms with Crippen LogP contribution in [0.1, 0.15) is 46.0 Å². The van der Waals surface area contributed by atoms with Crippen molar-refractivity contribution < 1.29 is 18.0 Å². The van der Waals surface area contributed by atoms with Gasteiger partial charge in [-0.15, -0.1) is 0 Å². The summed E-state index contributed by atoms with van der Waals surface area (Å²) in [5.74, 6) is -2.10. The molecule has 2 atom stereocenters. The van der Waals surface area contributed by atoms with Crippen LogP contribution in [0.4, 0.5) is 13.2 Å². The molecule has 1 amide bonds. The fourth-order valence-corrected chi connectivity index (χ4v) is 2.89. The first-order valence-electron chi connectivity index (χ1n) is 7.28. The zero-order valence-corrected chi connectivity index (χ0v) is 13.3. The average Bonchev–Trinajstić information content (AvgIpc) is 2.37. The number of nitrogens with zero attached hydrogens (tertiary/aromatic N) is 1. The number of hydrogen-bond donors (Lipinski definition) is 1. The molecule has 0 aromatic rings. The predicted molar refractivity (Wildman–Crippen MR) is 79.8 cm³/mol. The van der Waals surface area contributed by atoms with Crippen LogP contribution in [0, 0.1) is 11.8 Å². The second-order valence-electron chi connectivity index (χ2n) is 5.94. The van der Waals surface area contributed by atoms with Crippen LogP contribution in [0.25, 0.3) is 0 Å². The van der Waals surface area contributed by atoms with Gasteiger partial charge in [-0.25, -0.2) is 0 Å². The SMILES string of the molecule is CC(C)N(CCC(N)=S)C(=O)C1CCCC(C(F)(F)F)C1. The maximum atomic E-state index is 12.8. The highest BCUT2D eigenvalue weighted by Crippen LogP contribution is 2.40. The Kier molecular flexibility index (Phi) is 6.43. The van der Waals surface area contributed by atoms with Gasteiger partial charge in [0.05, 0.1) is 10.9 Å². The molecule has 0 aliphatic heterocycles. The molecule has 1 aliphatic carbocycles. The number of amides is 1. The third-order valence-corrected chi connectivity index (χ3v) is 4.20. The number of carbonyl (C=O) groups is 1. The molecule has 2 unspecified atom stereocenters. The van der Waals surface area contributed by atoms with Crippen molar-refractivity contribution >= 4 is 23.1 Å². The summed E-state index contributed by atoms with van der Waals surface area (Å²) in [4.78, 5) is 14.4. The quantitative estimate of drug-likeness (QED) is 0.790. The van der Waals surface area contributed by atoms with Gasteiger partial charge in [-0.3, -0.25) is 4.79 Å². The molecular weight excluding hydrogens is 301 g/mol. The van der Waals surface area contributed by atoms with Crippen LogP contribution in [-0.4, -0.2) is 34.6 Å². The number of carbonyl (C=O) groups excluding carboxylic acids is 1. The Balaban J connectivity index is 2.72. The summed E-state index contributed by atoms with van der Waals surface area (Å²) in [5.41, 5.74) is 5.44. The van der Waals surface area contributed by atoms with Gasteiger partial charge >= 0.3 is 6.18 Å². The summed E-state index contributed by atoms with van der Waals surface area (Å²) >= 11 is 4.80. The smallest absolute Gasteiger partial charge is 0.391 e. The van der Waals surface area contributed by atoms with Gasteiger partial charge < -0.3 is 10.6 Å². The lowest BCUT2D eigenvalue weighted by Crippen LogP contribution is -2.44. The minimum Gasteiger partial charge on any atom is -0.393 e. The number of nitrogens with two attached hydrogens (primary N) is 1. The second-order valence-corrected chi connectivity index (χ2v) is 6.47. The third-order valence-electron chi connectivity index (χ3n) is 3.99. The largest absolute Gasteiger partial charge is 0.393 e. The van der Waals surface area contributed by atoms with Crippen molar-refractivity contribution in [1.29, 1.82) is 0 Å². The van der Waals surface area contributed by atoms with Crippen LogP contribution in [0.5, 0.6) is 0 Å². The molecular formula is C14H23F3N2OS. The lowest BCUT2D eigenvalue weighted by atomic mass is 9.80. The van der Waals surface area contributed by atoms with Gasteiger partial charge in [0.15, 0.2) is 0 Å². The van der Waals surface area contributed by atoms with E-state index in [4.69, 9.17) is 18.0 Å². The maximum absolute atomic E-state index is 12.8. The Morgan fingerprint density at radius 3 is 2.48 bits per heavy atom. The number of thiocarbonyl (C=S) groups is 1. The molecule has 7 heteroatoms. The summed E-state index contributed by atoms with van der Waals surface area (Å²) in [5, 5.41) is 0. The number of hydrogen-bond acceptors (Lipinski definition) is 2. The van der Waals surface area contributed by atoms with Gasteiger partial charge in [-0.2, -0.15) is 13.2 Å². The first-order valence-corrected chi connectivity index (χ1v) is 7.69. The van der Waals surface area contributed by atoms with E-state index in [9.17, 15) is 18.0 Å². The normalized spacial score (nSPS) is 23.1. The molecule has 1 saturated carbocycles. The zero-order chi connectivity index (χ0) is 16.2. The number of rotatable bonds is 5. The van der Waals surface area contributed by atoms with E-state index in [1.807, 2.05) is 13.8 Å². The molecule has 1 aliphatic rings. The third kappa shape index (κ3) is 5.45. The highest BCUT2D eigenvalue weighted by molar-refractivity contribution is 7.80. The van der Waals surface area contributed by atoms with Crippen molar-refractivity contribution in [3.05, 3.63) is 0 Å². The standard InChI is InChI=1S/C14H23F3N2OS/c1-9(2)19(7-6-12(18)21)13(20)10-4-3-5-11(8-10)14(15,16)17/h9-11H,3-8H2,1-2H3,(H2,18,21). The van der Waals surface area contributed by atoms with Crippen LogP contribution in [-0.2, 0) is 4.79 Å². The molecule has 0 radical (unpaired) electrons. The van der Waals surface area contributed by atoms with Crippen LogP contribution >= 0.6 is 12.2 Å². The van der Waals surface area contributed by atoms with E-state index in [0.29, 0.717) is 30.8 Å². The Morgan fingerprint density at radius 1 is 1.38 bits per heavy atom. The Bertz CT molecular complexity index is 385. The van der Waals surface area contributed by atoms with Crippen molar-refractivity contribution in [3.8, 4) is 0 Å².